The third-order valence-electron chi connectivity index (χ3n) is 3.05. The number of rotatable bonds is 6. The van der Waals surface area contributed by atoms with Gasteiger partial charge in [0.15, 0.2) is 0 Å². The number of aromatic nitrogens is 2. The molecule has 100 valence electrons. The van der Waals surface area contributed by atoms with Crippen molar-refractivity contribution >= 4 is 17.3 Å². The molecule has 0 bridgehead atoms. The lowest BCUT2D eigenvalue weighted by atomic mass is 10.3. The maximum absolute atomic E-state index is 11.9. The van der Waals surface area contributed by atoms with Crippen LogP contribution in [0, 0.1) is 0 Å². The molecule has 7 heteroatoms. The fraction of sp³-hybridized carbons (Fsp3) is 0.636. The molecule has 6 nitrogen and oxygen atoms in total. The van der Waals surface area contributed by atoms with Crippen LogP contribution in [0.2, 0.25) is 5.02 Å². The number of aliphatic hydroxyl groups is 1. The molecule has 1 aliphatic rings. The van der Waals surface area contributed by atoms with Crippen LogP contribution in [0.3, 0.4) is 0 Å². The van der Waals surface area contributed by atoms with E-state index in [0.29, 0.717) is 18.8 Å². The number of hydrogen-bond acceptors (Lipinski definition) is 5. The largest absolute Gasteiger partial charge is 0.394 e. The van der Waals surface area contributed by atoms with Crippen LogP contribution in [0.5, 0.6) is 0 Å². The Kier molecular flexibility index (Phi) is 3.89. The topological polar surface area (TPSA) is 76.4 Å². The van der Waals surface area contributed by atoms with Gasteiger partial charge in [0, 0.05) is 7.11 Å². The summed E-state index contributed by atoms with van der Waals surface area (Å²) in [5.74, 6) is 0. The maximum Gasteiger partial charge on any atom is 0.287 e. The average Bonchev–Trinajstić information content (AvgIpc) is 3.15. The highest BCUT2D eigenvalue weighted by molar-refractivity contribution is 6.32. The van der Waals surface area contributed by atoms with Crippen molar-refractivity contribution in [2.75, 3.05) is 25.6 Å². The molecule has 0 amide bonds. The van der Waals surface area contributed by atoms with Gasteiger partial charge in [-0.2, -0.15) is 5.10 Å². The van der Waals surface area contributed by atoms with Crippen LogP contribution in [-0.2, 0) is 11.3 Å². The van der Waals surface area contributed by atoms with E-state index >= 15 is 0 Å². The molecule has 2 N–H and O–H groups in total. The number of ether oxygens (including phenoxy) is 1. The molecule has 2 rings (SSSR count). The summed E-state index contributed by atoms with van der Waals surface area (Å²) in [6, 6.07) is 0. The number of nitrogens with one attached hydrogen (secondary N) is 1. The van der Waals surface area contributed by atoms with Gasteiger partial charge in [-0.25, -0.2) is 4.68 Å². The van der Waals surface area contributed by atoms with Crippen molar-refractivity contribution in [1.29, 1.82) is 0 Å². The van der Waals surface area contributed by atoms with Gasteiger partial charge in [0.1, 0.15) is 5.02 Å². The van der Waals surface area contributed by atoms with E-state index in [1.807, 2.05) is 0 Å². The van der Waals surface area contributed by atoms with Gasteiger partial charge in [-0.1, -0.05) is 11.6 Å². The molecule has 0 unspecified atom stereocenters. The van der Waals surface area contributed by atoms with Crippen molar-refractivity contribution in [3.63, 3.8) is 0 Å². The lowest BCUT2D eigenvalue weighted by molar-refractivity contribution is 0.182. The Labute approximate surface area is 110 Å². The van der Waals surface area contributed by atoms with Crippen molar-refractivity contribution in [3.05, 3.63) is 21.6 Å². The number of anilines is 1. The predicted molar refractivity (Wildman–Crippen MR) is 68.1 cm³/mol. The van der Waals surface area contributed by atoms with Gasteiger partial charge in [-0.05, 0) is 12.8 Å². The minimum atomic E-state index is -0.354. The Morgan fingerprint density at radius 3 is 2.94 bits per heavy atom. The second-order valence-corrected chi connectivity index (χ2v) is 4.83. The van der Waals surface area contributed by atoms with Crippen molar-refractivity contribution in [1.82, 2.24) is 9.78 Å². The zero-order valence-corrected chi connectivity index (χ0v) is 10.9. The van der Waals surface area contributed by atoms with Gasteiger partial charge in [0.2, 0.25) is 0 Å². The van der Waals surface area contributed by atoms with Crippen molar-refractivity contribution in [2.24, 2.45) is 0 Å². The molecule has 0 radical (unpaired) electrons. The van der Waals surface area contributed by atoms with Crippen molar-refractivity contribution < 1.29 is 9.84 Å². The second kappa shape index (κ2) is 5.26. The molecule has 0 aromatic carbocycles. The lowest BCUT2D eigenvalue weighted by Gasteiger charge is -2.16. The normalized spacial score (nSPS) is 16.6. The van der Waals surface area contributed by atoms with Gasteiger partial charge < -0.3 is 15.2 Å². The van der Waals surface area contributed by atoms with E-state index in [9.17, 15) is 9.90 Å². The van der Waals surface area contributed by atoms with Gasteiger partial charge in [-0.15, -0.1) is 0 Å². The molecule has 1 saturated carbocycles. The Balaban J connectivity index is 2.18. The van der Waals surface area contributed by atoms with Crippen LogP contribution in [0.1, 0.15) is 12.8 Å². The number of aliphatic hydroxyl groups excluding tert-OH is 1. The molecule has 0 spiro atoms. The van der Waals surface area contributed by atoms with Crippen LogP contribution in [0.25, 0.3) is 0 Å². The number of methoxy groups -OCH3 is 1. The summed E-state index contributed by atoms with van der Waals surface area (Å²) in [7, 11) is 1.56. The molecule has 0 aliphatic heterocycles. The first kappa shape index (κ1) is 13.3. The minimum Gasteiger partial charge on any atom is -0.394 e. The molecule has 1 aromatic rings. The number of hydrogen-bond donors (Lipinski definition) is 2. The smallest absolute Gasteiger partial charge is 0.287 e. The molecule has 0 saturated heterocycles. The highest BCUT2D eigenvalue weighted by Gasteiger charge is 2.42. The van der Waals surface area contributed by atoms with Crippen LogP contribution in [0.4, 0.5) is 5.69 Å². The molecule has 1 aromatic heterocycles. The third kappa shape index (κ3) is 2.66. The summed E-state index contributed by atoms with van der Waals surface area (Å²) in [4.78, 5) is 11.9. The first-order valence-corrected chi connectivity index (χ1v) is 6.13. The molecule has 1 aliphatic carbocycles. The van der Waals surface area contributed by atoms with E-state index in [1.54, 1.807) is 7.11 Å². The molecular weight excluding hydrogens is 258 g/mol. The van der Waals surface area contributed by atoms with E-state index in [2.05, 4.69) is 10.4 Å². The molecule has 1 fully saturated rings. The first-order chi connectivity index (χ1) is 8.62. The van der Waals surface area contributed by atoms with E-state index in [-0.39, 0.29) is 22.7 Å². The minimum absolute atomic E-state index is 0.0239. The van der Waals surface area contributed by atoms with Gasteiger partial charge in [-0.3, -0.25) is 4.79 Å². The zero-order chi connectivity index (χ0) is 13.2. The molecule has 1 heterocycles. The van der Waals surface area contributed by atoms with Crippen LogP contribution in [-0.4, -0.2) is 40.7 Å². The summed E-state index contributed by atoms with van der Waals surface area (Å²) < 4.78 is 6.15. The SMILES string of the molecule is COCCn1ncc(NC2(CO)CC2)c(Cl)c1=O. The third-order valence-corrected chi connectivity index (χ3v) is 3.41. The summed E-state index contributed by atoms with van der Waals surface area (Å²) in [6.07, 6.45) is 3.24. The maximum atomic E-state index is 11.9. The van der Waals surface area contributed by atoms with Gasteiger partial charge in [0.05, 0.1) is 37.2 Å². The number of halogens is 1. The quantitative estimate of drug-likeness (QED) is 0.788. The van der Waals surface area contributed by atoms with Gasteiger partial charge in [0.25, 0.3) is 5.56 Å². The fourth-order valence-electron chi connectivity index (χ4n) is 1.65. The predicted octanol–water partition coefficient (Wildman–Crippen LogP) is 0.480. The van der Waals surface area contributed by atoms with E-state index in [1.165, 1.54) is 10.9 Å². The zero-order valence-electron chi connectivity index (χ0n) is 10.1. The fourth-order valence-corrected chi connectivity index (χ4v) is 1.84. The lowest BCUT2D eigenvalue weighted by Crippen LogP contribution is -2.30. The Morgan fingerprint density at radius 1 is 1.67 bits per heavy atom. The molecule has 0 atom stereocenters. The highest BCUT2D eigenvalue weighted by Crippen LogP contribution is 2.39. The highest BCUT2D eigenvalue weighted by atomic mass is 35.5. The van der Waals surface area contributed by atoms with Crippen molar-refractivity contribution in [3.8, 4) is 0 Å². The Hall–Kier alpha value is -1.11. The molecular formula is C11H16ClN3O3. The summed E-state index contributed by atoms with van der Waals surface area (Å²) in [5.41, 5.74) is -0.203. The Morgan fingerprint density at radius 2 is 2.39 bits per heavy atom. The van der Waals surface area contributed by atoms with E-state index < -0.39 is 0 Å². The average molecular weight is 274 g/mol. The number of nitrogens with zero attached hydrogens (tertiary/aromatic N) is 2. The second-order valence-electron chi connectivity index (χ2n) is 4.46. The Bertz CT molecular complexity index is 485. The molecule has 18 heavy (non-hydrogen) atoms. The van der Waals surface area contributed by atoms with Crippen molar-refractivity contribution in [2.45, 2.75) is 24.9 Å². The van der Waals surface area contributed by atoms with Crippen LogP contribution < -0.4 is 10.9 Å². The summed E-state index contributed by atoms with van der Waals surface area (Å²) in [5, 5.41) is 16.4. The summed E-state index contributed by atoms with van der Waals surface area (Å²) in [6.45, 7) is 0.785. The standard InChI is InChI=1S/C11H16ClN3O3/c1-18-5-4-15-10(17)9(12)8(6-13-15)14-11(7-16)2-3-11/h6,14,16H,2-5,7H2,1H3. The van der Waals surface area contributed by atoms with E-state index in [0.717, 1.165) is 12.8 Å². The monoisotopic (exact) mass is 273 g/mol. The first-order valence-electron chi connectivity index (χ1n) is 5.75. The van der Waals surface area contributed by atoms with Crippen LogP contribution in [0.15, 0.2) is 11.0 Å². The summed E-state index contributed by atoms with van der Waals surface area (Å²) >= 11 is 6.01. The van der Waals surface area contributed by atoms with Crippen LogP contribution >= 0.6 is 11.6 Å². The van der Waals surface area contributed by atoms with E-state index in [4.69, 9.17) is 16.3 Å². The van der Waals surface area contributed by atoms with Gasteiger partial charge >= 0.3 is 0 Å².